The standard InChI is InChI=1S/C22H19N3/c1-3-9-18(10-4-1)15-25(16-19-11-5-2-6-12-19)22-20-13-7-8-14-21(20)23-17-24-22/h1-14,17H,15-16H2. The molecule has 0 aliphatic heterocycles. The molecule has 0 aliphatic rings. The summed E-state index contributed by atoms with van der Waals surface area (Å²) in [5.74, 6) is 0.971. The first-order chi connectivity index (χ1) is 12.4. The minimum atomic E-state index is 0.802. The first-order valence-electron chi connectivity index (χ1n) is 8.43. The molecule has 0 N–H and O–H groups in total. The summed E-state index contributed by atoms with van der Waals surface area (Å²) in [5.41, 5.74) is 3.50. The van der Waals surface area contributed by atoms with E-state index in [1.807, 2.05) is 30.3 Å². The highest BCUT2D eigenvalue weighted by Crippen LogP contribution is 2.25. The van der Waals surface area contributed by atoms with Crippen molar-refractivity contribution >= 4 is 16.7 Å². The third-order valence-corrected chi connectivity index (χ3v) is 4.25. The summed E-state index contributed by atoms with van der Waals surface area (Å²) >= 11 is 0. The van der Waals surface area contributed by atoms with Crippen LogP contribution in [0.4, 0.5) is 5.82 Å². The van der Waals surface area contributed by atoms with Gasteiger partial charge in [-0.15, -0.1) is 0 Å². The monoisotopic (exact) mass is 325 g/mol. The lowest BCUT2D eigenvalue weighted by molar-refractivity contribution is 0.786. The molecule has 0 amide bonds. The van der Waals surface area contributed by atoms with Gasteiger partial charge >= 0.3 is 0 Å². The number of benzene rings is 3. The summed E-state index contributed by atoms with van der Waals surface area (Å²) < 4.78 is 0. The Balaban J connectivity index is 1.76. The van der Waals surface area contributed by atoms with Gasteiger partial charge < -0.3 is 4.90 Å². The Morgan fingerprint density at radius 1 is 0.600 bits per heavy atom. The first kappa shape index (κ1) is 15.3. The highest BCUT2D eigenvalue weighted by Gasteiger charge is 2.13. The van der Waals surface area contributed by atoms with Crippen molar-refractivity contribution < 1.29 is 0 Å². The van der Waals surface area contributed by atoms with Gasteiger partial charge in [-0.1, -0.05) is 72.8 Å². The van der Waals surface area contributed by atoms with Crippen LogP contribution in [-0.2, 0) is 13.1 Å². The molecule has 0 saturated carbocycles. The van der Waals surface area contributed by atoms with Crippen LogP contribution in [0.1, 0.15) is 11.1 Å². The fourth-order valence-electron chi connectivity index (χ4n) is 3.06. The third kappa shape index (κ3) is 3.50. The van der Waals surface area contributed by atoms with Crippen LogP contribution in [-0.4, -0.2) is 9.97 Å². The SMILES string of the molecule is c1ccc(CN(Cc2ccccc2)c2ncnc3ccccc23)cc1. The first-order valence-corrected chi connectivity index (χ1v) is 8.43. The largest absolute Gasteiger partial charge is 0.347 e. The highest BCUT2D eigenvalue weighted by atomic mass is 15.2. The van der Waals surface area contributed by atoms with Gasteiger partial charge in [0.1, 0.15) is 12.1 Å². The van der Waals surface area contributed by atoms with E-state index in [0.29, 0.717) is 0 Å². The molecule has 0 aliphatic carbocycles. The van der Waals surface area contributed by atoms with Crippen molar-refractivity contribution in [2.75, 3.05) is 4.90 Å². The maximum atomic E-state index is 4.61. The van der Waals surface area contributed by atoms with E-state index in [1.54, 1.807) is 6.33 Å². The van der Waals surface area contributed by atoms with Crippen LogP contribution >= 0.6 is 0 Å². The van der Waals surface area contributed by atoms with Crippen LogP contribution in [0.25, 0.3) is 10.9 Å². The van der Waals surface area contributed by atoms with Crippen LogP contribution in [0.3, 0.4) is 0 Å². The fraction of sp³-hybridized carbons (Fsp3) is 0.0909. The zero-order valence-electron chi connectivity index (χ0n) is 13.9. The zero-order valence-corrected chi connectivity index (χ0v) is 13.9. The van der Waals surface area contributed by atoms with Crippen molar-refractivity contribution in [2.24, 2.45) is 0 Å². The lowest BCUT2D eigenvalue weighted by Gasteiger charge is -2.25. The van der Waals surface area contributed by atoms with Gasteiger partial charge in [-0.05, 0) is 23.3 Å². The summed E-state index contributed by atoms with van der Waals surface area (Å²) in [7, 11) is 0. The van der Waals surface area contributed by atoms with Gasteiger partial charge in [-0.25, -0.2) is 9.97 Å². The molecule has 0 fully saturated rings. The lowest BCUT2D eigenvalue weighted by Crippen LogP contribution is -2.23. The van der Waals surface area contributed by atoms with Gasteiger partial charge in [0.25, 0.3) is 0 Å². The lowest BCUT2D eigenvalue weighted by atomic mass is 10.1. The number of hydrogen-bond donors (Lipinski definition) is 0. The van der Waals surface area contributed by atoms with Gasteiger partial charge in [-0.3, -0.25) is 0 Å². The number of fused-ring (bicyclic) bond motifs is 1. The van der Waals surface area contributed by atoms with E-state index in [1.165, 1.54) is 11.1 Å². The molecule has 25 heavy (non-hydrogen) atoms. The van der Waals surface area contributed by atoms with E-state index in [4.69, 9.17) is 0 Å². The fourth-order valence-corrected chi connectivity index (χ4v) is 3.06. The van der Waals surface area contributed by atoms with Crippen molar-refractivity contribution in [1.29, 1.82) is 0 Å². The number of para-hydroxylation sites is 1. The second-order valence-corrected chi connectivity index (χ2v) is 6.04. The van der Waals surface area contributed by atoms with Gasteiger partial charge in [0.05, 0.1) is 5.52 Å². The average molecular weight is 325 g/mol. The smallest absolute Gasteiger partial charge is 0.140 e. The van der Waals surface area contributed by atoms with Crippen molar-refractivity contribution in [3.8, 4) is 0 Å². The maximum Gasteiger partial charge on any atom is 0.140 e. The predicted molar refractivity (Wildman–Crippen MR) is 102 cm³/mol. The third-order valence-electron chi connectivity index (χ3n) is 4.25. The Kier molecular flexibility index (Phi) is 4.38. The summed E-state index contributed by atoms with van der Waals surface area (Å²) in [4.78, 5) is 11.3. The molecule has 0 atom stereocenters. The van der Waals surface area contributed by atoms with E-state index in [0.717, 1.165) is 29.8 Å². The molecule has 4 rings (SSSR count). The van der Waals surface area contributed by atoms with Crippen molar-refractivity contribution in [1.82, 2.24) is 9.97 Å². The van der Waals surface area contributed by atoms with Gasteiger partial charge in [-0.2, -0.15) is 0 Å². The Hall–Kier alpha value is -3.20. The normalized spacial score (nSPS) is 10.7. The Bertz CT molecular complexity index is 905. The Morgan fingerprint density at radius 2 is 1.16 bits per heavy atom. The Morgan fingerprint density at radius 3 is 1.80 bits per heavy atom. The number of anilines is 1. The van der Waals surface area contributed by atoms with Crippen LogP contribution in [0, 0.1) is 0 Å². The quantitative estimate of drug-likeness (QED) is 0.526. The minimum Gasteiger partial charge on any atom is -0.347 e. The second-order valence-electron chi connectivity index (χ2n) is 6.04. The average Bonchev–Trinajstić information content (AvgIpc) is 2.69. The number of nitrogens with zero attached hydrogens (tertiary/aromatic N) is 3. The molecule has 0 bridgehead atoms. The Labute approximate surface area is 147 Å². The molecule has 122 valence electrons. The molecule has 0 saturated heterocycles. The number of rotatable bonds is 5. The topological polar surface area (TPSA) is 29.0 Å². The number of aromatic nitrogens is 2. The number of hydrogen-bond acceptors (Lipinski definition) is 3. The minimum absolute atomic E-state index is 0.802. The van der Waals surface area contributed by atoms with Crippen LogP contribution in [0.5, 0.6) is 0 Å². The van der Waals surface area contributed by atoms with Crippen LogP contribution < -0.4 is 4.90 Å². The van der Waals surface area contributed by atoms with Crippen LogP contribution in [0.15, 0.2) is 91.3 Å². The van der Waals surface area contributed by atoms with Crippen LogP contribution in [0.2, 0.25) is 0 Å². The van der Waals surface area contributed by atoms with E-state index in [2.05, 4.69) is 69.5 Å². The van der Waals surface area contributed by atoms with E-state index < -0.39 is 0 Å². The molecule has 0 radical (unpaired) electrons. The second kappa shape index (κ2) is 7.14. The molecule has 1 aromatic heterocycles. The van der Waals surface area contributed by atoms with Gasteiger partial charge in [0, 0.05) is 18.5 Å². The predicted octanol–water partition coefficient (Wildman–Crippen LogP) is 4.84. The van der Waals surface area contributed by atoms with E-state index in [9.17, 15) is 0 Å². The maximum absolute atomic E-state index is 4.61. The molecule has 0 unspecified atom stereocenters. The van der Waals surface area contributed by atoms with Crippen molar-refractivity contribution in [3.63, 3.8) is 0 Å². The molecular formula is C22H19N3. The summed E-state index contributed by atoms with van der Waals surface area (Å²) in [6, 6.07) is 29.2. The molecule has 3 heteroatoms. The molecule has 0 spiro atoms. The molecule has 3 nitrogen and oxygen atoms in total. The summed E-state index contributed by atoms with van der Waals surface area (Å²) in [6.45, 7) is 1.60. The molecule has 4 aromatic rings. The van der Waals surface area contributed by atoms with Crippen molar-refractivity contribution in [3.05, 3.63) is 102 Å². The van der Waals surface area contributed by atoms with Gasteiger partial charge in [0.2, 0.25) is 0 Å². The molecular weight excluding hydrogens is 306 g/mol. The molecule has 1 heterocycles. The molecule has 3 aromatic carbocycles. The zero-order chi connectivity index (χ0) is 16.9. The van der Waals surface area contributed by atoms with E-state index in [-0.39, 0.29) is 0 Å². The summed E-state index contributed by atoms with van der Waals surface area (Å²) in [5, 5.41) is 1.08. The van der Waals surface area contributed by atoms with Gasteiger partial charge in [0.15, 0.2) is 0 Å². The highest BCUT2D eigenvalue weighted by molar-refractivity contribution is 5.89. The summed E-state index contributed by atoms with van der Waals surface area (Å²) in [6.07, 6.45) is 1.65. The van der Waals surface area contributed by atoms with Crippen molar-refractivity contribution in [2.45, 2.75) is 13.1 Å². The van der Waals surface area contributed by atoms with E-state index >= 15 is 0 Å².